The van der Waals surface area contributed by atoms with Gasteiger partial charge in [0.15, 0.2) is 0 Å². The van der Waals surface area contributed by atoms with Crippen molar-refractivity contribution in [1.29, 1.82) is 0 Å². The summed E-state index contributed by atoms with van der Waals surface area (Å²) >= 11 is 0. The Kier molecular flexibility index (Phi) is 5.71. The summed E-state index contributed by atoms with van der Waals surface area (Å²) in [6, 6.07) is 15.9. The molecule has 6 heteroatoms. The Hall–Kier alpha value is -2.99. The molecule has 0 aliphatic carbocycles. The first-order valence-electron chi connectivity index (χ1n) is 10.1. The number of amides is 1. The van der Waals surface area contributed by atoms with Gasteiger partial charge in [0.25, 0.3) is 5.56 Å². The van der Waals surface area contributed by atoms with E-state index in [0.717, 1.165) is 18.7 Å². The van der Waals surface area contributed by atoms with Crippen LogP contribution in [-0.2, 0) is 11.3 Å². The first-order chi connectivity index (χ1) is 14.1. The molecule has 1 N–H and O–H groups in total. The van der Waals surface area contributed by atoms with E-state index in [-0.39, 0.29) is 24.1 Å². The molecule has 1 aliphatic heterocycles. The molecule has 3 aromatic rings. The summed E-state index contributed by atoms with van der Waals surface area (Å²) in [5.74, 6) is -0.180. The number of nitrogens with zero attached hydrogens (tertiary/aromatic N) is 3. The summed E-state index contributed by atoms with van der Waals surface area (Å²) in [4.78, 5) is 32.1. The third-order valence-electron chi connectivity index (χ3n) is 5.63. The van der Waals surface area contributed by atoms with Crippen molar-refractivity contribution in [2.24, 2.45) is 0 Å². The molecular formula is C23H26N4O2. The zero-order chi connectivity index (χ0) is 20.2. The van der Waals surface area contributed by atoms with Gasteiger partial charge in [-0.25, -0.2) is 4.98 Å². The van der Waals surface area contributed by atoms with Gasteiger partial charge in [-0.1, -0.05) is 42.5 Å². The van der Waals surface area contributed by atoms with Crippen LogP contribution in [0.1, 0.15) is 30.0 Å². The second-order valence-electron chi connectivity index (χ2n) is 7.62. The Labute approximate surface area is 170 Å². The number of carbonyl (C=O) groups is 1. The van der Waals surface area contributed by atoms with Crippen LogP contribution in [0.15, 0.2) is 59.7 Å². The minimum absolute atomic E-state index is 0.0305. The number of fused-ring (bicyclic) bond motifs is 1. The Balaban J connectivity index is 1.47. The molecule has 0 saturated carbocycles. The lowest BCUT2D eigenvalue weighted by Crippen LogP contribution is -2.39. The highest BCUT2D eigenvalue weighted by Gasteiger charge is 2.23. The van der Waals surface area contributed by atoms with E-state index in [1.165, 1.54) is 29.3 Å². The molecule has 0 bridgehead atoms. The molecule has 2 heterocycles. The molecule has 1 amide bonds. The lowest BCUT2D eigenvalue weighted by atomic mass is 10.1. The number of likely N-dealkylation sites (tertiary alicyclic amines) is 1. The van der Waals surface area contributed by atoms with Crippen LogP contribution in [0.4, 0.5) is 0 Å². The summed E-state index contributed by atoms with van der Waals surface area (Å²) < 4.78 is 1.38. The quantitative estimate of drug-likeness (QED) is 0.703. The van der Waals surface area contributed by atoms with Crippen molar-refractivity contribution in [2.45, 2.75) is 32.4 Å². The first-order valence-corrected chi connectivity index (χ1v) is 10.1. The number of rotatable bonds is 6. The molecule has 2 aromatic carbocycles. The van der Waals surface area contributed by atoms with Gasteiger partial charge in [0, 0.05) is 6.54 Å². The maximum absolute atomic E-state index is 12.7. The van der Waals surface area contributed by atoms with Crippen LogP contribution < -0.4 is 10.9 Å². The lowest BCUT2D eigenvalue weighted by Gasteiger charge is -2.28. The Morgan fingerprint density at radius 1 is 1.10 bits per heavy atom. The molecule has 1 aromatic heterocycles. The monoisotopic (exact) mass is 390 g/mol. The Bertz CT molecular complexity index is 1060. The van der Waals surface area contributed by atoms with Crippen LogP contribution in [0.2, 0.25) is 0 Å². The molecule has 4 rings (SSSR count). The van der Waals surface area contributed by atoms with Gasteiger partial charge in [-0.15, -0.1) is 0 Å². The minimum atomic E-state index is -0.187. The number of hydrogen-bond acceptors (Lipinski definition) is 4. The second-order valence-corrected chi connectivity index (χ2v) is 7.62. The number of hydrogen-bond donors (Lipinski definition) is 1. The van der Waals surface area contributed by atoms with Crippen molar-refractivity contribution in [3.8, 4) is 0 Å². The van der Waals surface area contributed by atoms with Crippen molar-refractivity contribution in [3.05, 3.63) is 76.3 Å². The van der Waals surface area contributed by atoms with E-state index in [2.05, 4.69) is 27.3 Å². The number of para-hydroxylation sites is 1. The number of benzene rings is 2. The number of nitrogens with one attached hydrogen (secondary N) is 1. The predicted molar refractivity (Wildman–Crippen MR) is 114 cm³/mol. The van der Waals surface area contributed by atoms with Crippen molar-refractivity contribution in [2.75, 3.05) is 19.6 Å². The van der Waals surface area contributed by atoms with Gasteiger partial charge >= 0.3 is 0 Å². The number of aromatic nitrogens is 2. The molecule has 150 valence electrons. The van der Waals surface area contributed by atoms with E-state index in [9.17, 15) is 9.59 Å². The molecule has 1 atom stereocenters. The summed E-state index contributed by atoms with van der Waals surface area (Å²) in [6.07, 6.45) is 3.84. The fourth-order valence-electron chi connectivity index (χ4n) is 4.06. The third kappa shape index (κ3) is 4.22. The van der Waals surface area contributed by atoms with Crippen LogP contribution in [-0.4, -0.2) is 40.0 Å². The number of carbonyl (C=O) groups excluding carboxylic acids is 1. The van der Waals surface area contributed by atoms with Crippen molar-refractivity contribution >= 4 is 16.8 Å². The van der Waals surface area contributed by atoms with Gasteiger partial charge in [0.05, 0.1) is 23.3 Å². The SMILES string of the molecule is Cc1cccc2c(=O)n(CC(=O)NC[C@H](c3ccccc3)N3CCCC3)cnc12. The molecule has 0 radical (unpaired) electrons. The molecule has 6 nitrogen and oxygen atoms in total. The smallest absolute Gasteiger partial charge is 0.261 e. The van der Waals surface area contributed by atoms with Crippen molar-refractivity contribution in [1.82, 2.24) is 19.8 Å². The lowest BCUT2D eigenvalue weighted by molar-refractivity contribution is -0.122. The second kappa shape index (κ2) is 8.57. The van der Waals surface area contributed by atoms with E-state index in [1.54, 1.807) is 6.07 Å². The van der Waals surface area contributed by atoms with E-state index in [1.807, 2.05) is 37.3 Å². The highest BCUT2D eigenvalue weighted by molar-refractivity contribution is 5.81. The largest absolute Gasteiger partial charge is 0.353 e. The van der Waals surface area contributed by atoms with Gasteiger partial charge in [-0.2, -0.15) is 0 Å². The van der Waals surface area contributed by atoms with Gasteiger partial charge in [0.1, 0.15) is 6.54 Å². The third-order valence-corrected chi connectivity index (χ3v) is 5.63. The Morgan fingerprint density at radius 2 is 1.86 bits per heavy atom. The molecule has 1 aliphatic rings. The van der Waals surface area contributed by atoms with Crippen LogP contribution in [0, 0.1) is 6.92 Å². The summed E-state index contributed by atoms with van der Waals surface area (Å²) in [5.41, 5.74) is 2.66. The zero-order valence-corrected chi connectivity index (χ0v) is 16.7. The van der Waals surface area contributed by atoms with Crippen molar-refractivity contribution in [3.63, 3.8) is 0 Å². The van der Waals surface area contributed by atoms with Crippen molar-refractivity contribution < 1.29 is 4.79 Å². The van der Waals surface area contributed by atoms with E-state index < -0.39 is 0 Å². The van der Waals surface area contributed by atoms with Crippen LogP contribution >= 0.6 is 0 Å². The maximum atomic E-state index is 12.7. The topological polar surface area (TPSA) is 67.2 Å². The summed E-state index contributed by atoms with van der Waals surface area (Å²) in [6.45, 7) is 4.51. The molecule has 29 heavy (non-hydrogen) atoms. The Morgan fingerprint density at radius 3 is 2.62 bits per heavy atom. The minimum Gasteiger partial charge on any atom is -0.353 e. The highest BCUT2D eigenvalue weighted by atomic mass is 16.2. The maximum Gasteiger partial charge on any atom is 0.261 e. The van der Waals surface area contributed by atoms with Crippen LogP contribution in [0.3, 0.4) is 0 Å². The van der Waals surface area contributed by atoms with Gasteiger partial charge in [-0.3, -0.25) is 19.1 Å². The first kappa shape index (κ1) is 19.3. The molecule has 0 spiro atoms. The fourth-order valence-corrected chi connectivity index (χ4v) is 4.06. The fraction of sp³-hybridized carbons (Fsp3) is 0.348. The van der Waals surface area contributed by atoms with Gasteiger partial charge in [-0.05, 0) is 50.0 Å². The summed E-state index contributed by atoms with van der Waals surface area (Å²) in [7, 11) is 0. The predicted octanol–water partition coefficient (Wildman–Crippen LogP) is 2.66. The highest BCUT2D eigenvalue weighted by Crippen LogP contribution is 2.24. The molecule has 1 fully saturated rings. The van der Waals surface area contributed by atoms with E-state index >= 15 is 0 Å². The standard InChI is InChI=1S/C23H26N4O2/c1-17-8-7-11-19-22(17)25-16-27(23(19)29)15-21(28)24-14-20(26-12-5-6-13-26)18-9-3-2-4-10-18/h2-4,7-11,16,20H,5-6,12-15H2,1H3,(H,24,28)/t20-/m1/s1. The van der Waals surface area contributed by atoms with Crippen LogP contribution in [0.25, 0.3) is 10.9 Å². The average Bonchev–Trinajstić information content (AvgIpc) is 3.26. The molecular weight excluding hydrogens is 364 g/mol. The number of aryl methyl sites for hydroxylation is 1. The summed E-state index contributed by atoms with van der Waals surface area (Å²) in [5, 5.41) is 3.57. The van der Waals surface area contributed by atoms with E-state index in [4.69, 9.17) is 0 Å². The van der Waals surface area contributed by atoms with Crippen LogP contribution in [0.5, 0.6) is 0 Å². The van der Waals surface area contributed by atoms with Gasteiger partial charge < -0.3 is 5.32 Å². The normalized spacial score (nSPS) is 15.5. The van der Waals surface area contributed by atoms with E-state index in [0.29, 0.717) is 17.4 Å². The molecule has 1 saturated heterocycles. The average molecular weight is 390 g/mol. The van der Waals surface area contributed by atoms with Gasteiger partial charge in [0.2, 0.25) is 5.91 Å². The zero-order valence-electron chi connectivity index (χ0n) is 16.7. The molecule has 0 unspecified atom stereocenters.